The van der Waals surface area contributed by atoms with Crippen molar-refractivity contribution < 1.29 is 13.5 Å². The molecule has 0 aromatic heterocycles. The van der Waals surface area contributed by atoms with Crippen molar-refractivity contribution in [3.8, 4) is 5.75 Å². The molecule has 0 unspecified atom stereocenters. The van der Waals surface area contributed by atoms with Crippen LogP contribution in [0.2, 0.25) is 0 Å². The lowest BCUT2D eigenvalue weighted by Crippen LogP contribution is -2.18. The Bertz CT molecular complexity index is 748. The van der Waals surface area contributed by atoms with E-state index in [9.17, 15) is 13.5 Å². The summed E-state index contributed by atoms with van der Waals surface area (Å²) in [6, 6.07) is 11.8. The second kappa shape index (κ2) is 6.46. The average molecular weight is 371 g/mol. The summed E-state index contributed by atoms with van der Waals surface area (Å²) in [6.07, 6.45) is 0. The zero-order valence-electron chi connectivity index (χ0n) is 11.3. The zero-order valence-corrected chi connectivity index (χ0v) is 13.7. The topological polar surface area (TPSA) is 78.4 Å². The zero-order chi connectivity index (χ0) is 15.5. The van der Waals surface area contributed by atoms with E-state index >= 15 is 0 Å². The average Bonchev–Trinajstić information content (AvgIpc) is 2.49. The maximum Gasteiger partial charge on any atom is 0.240 e. The highest BCUT2D eigenvalue weighted by Crippen LogP contribution is 2.25. The first-order valence-corrected chi connectivity index (χ1v) is 8.45. The highest BCUT2D eigenvalue weighted by Gasteiger charge is 2.11. The number of rotatable bonds is 5. The van der Waals surface area contributed by atoms with E-state index in [1.807, 2.05) is 0 Å². The van der Waals surface area contributed by atoms with Crippen molar-refractivity contribution in [3.63, 3.8) is 0 Å². The molecule has 0 heterocycles. The summed E-state index contributed by atoms with van der Waals surface area (Å²) < 4.78 is 26.4. The van der Waals surface area contributed by atoms with Gasteiger partial charge in [0.25, 0.3) is 0 Å². The third kappa shape index (κ3) is 3.96. The molecule has 0 aliphatic rings. The molecule has 0 fully saturated rings. The first-order valence-electron chi connectivity index (χ1n) is 6.17. The minimum atomic E-state index is -3.45. The van der Waals surface area contributed by atoms with Gasteiger partial charge in [-0.25, -0.2) is 13.1 Å². The van der Waals surface area contributed by atoms with E-state index in [1.54, 1.807) is 36.4 Å². The molecule has 21 heavy (non-hydrogen) atoms. The fourth-order valence-corrected chi connectivity index (χ4v) is 2.96. The number of benzene rings is 2. The van der Waals surface area contributed by atoms with Crippen molar-refractivity contribution in [3.05, 3.63) is 52.5 Å². The van der Waals surface area contributed by atoms with Crippen LogP contribution >= 0.6 is 15.9 Å². The van der Waals surface area contributed by atoms with Crippen LogP contribution in [0.15, 0.2) is 51.8 Å². The van der Waals surface area contributed by atoms with Gasteiger partial charge in [0.15, 0.2) is 0 Å². The predicted molar refractivity (Wildman–Crippen MR) is 85.8 cm³/mol. The molecular formula is C14H15BrN2O3S. The Hall–Kier alpha value is -1.57. The molecule has 0 radical (unpaired) electrons. The number of hydrogen-bond donors (Lipinski definition) is 3. The van der Waals surface area contributed by atoms with Gasteiger partial charge in [0.1, 0.15) is 5.75 Å². The van der Waals surface area contributed by atoms with Gasteiger partial charge in [-0.15, -0.1) is 0 Å². The van der Waals surface area contributed by atoms with Crippen molar-refractivity contribution in [1.29, 1.82) is 0 Å². The standard InChI is InChI=1S/C14H15BrN2O3S/c1-16-21(19,20)12-4-2-3-11(8-12)17-9-10-5-6-14(18)13(15)7-10/h2-8,16-18H,9H2,1H3. The van der Waals surface area contributed by atoms with Crippen molar-refractivity contribution in [1.82, 2.24) is 4.72 Å². The van der Waals surface area contributed by atoms with Crippen LogP contribution < -0.4 is 10.0 Å². The van der Waals surface area contributed by atoms with Crippen molar-refractivity contribution in [2.24, 2.45) is 0 Å². The quantitative estimate of drug-likeness (QED) is 0.755. The van der Waals surface area contributed by atoms with Crippen molar-refractivity contribution in [2.45, 2.75) is 11.4 Å². The van der Waals surface area contributed by atoms with E-state index in [4.69, 9.17) is 0 Å². The number of halogens is 1. The molecule has 2 aromatic rings. The maximum atomic E-state index is 11.7. The number of anilines is 1. The number of nitrogens with one attached hydrogen (secondary N) is 2. The van der Waals surface area contributed by atoms with Crippen LogP contribution in [0.4, 0.5) is 5.69 Å². The summed E-state index contributed by atoms with van der Waals surface area (Å²) in [5.41, 5.74) is 1.66. The van der Waals surface area contributed by atoms with E-state index < -0.39 is 10.0 Å². The molecule has 0 saturated carbocycles. The third-order valence-electron chi connectivity index (χ3n) is 2.92. The molecule has 2 aromatic carbocycles. The van der Waals surface area contributed by atoms with E-state index in [0.717, 1.165) is 5.56 Å². The lowest BCUT2D eigenvalue weighted by Gasteiger charge is -2.09. The second-order valence-electron chi connectivity index (χ2n) is 4.37. The van der Waals surface area contributed by atoms with Crippen LogP contribution in [-0.2, 0) is 16.6 Å². The fraction of sp³-hybridized carbons (Fsp3) is 0.143. The second-order valence-corrected chi connectivity index (χ2v) is 7.12. The molecular weight excluding hydrogens is 356 g/mol. The summed E-state index contributed by atoms with van der Waals surface area (Å²) in [5.74, 6) is 0.181. The summed E-state index contributed by atoms with van der Waals surface area (Å²) in [7, 11) is -2.07. The predicted octanol–water partition coefficient (Wildman–Crippen LogP) is 2.67. The molecule has 0 atom stereocenters. The highest BCUT2D eigenvalue weighted by atomic mass is 79.9. The summed E-state index contributed by atoms with van der Waals surface area (Å²) >= 11 is 3.25. The molecule has 0 spiro atoms. The molecule has 3 N–H and O–H groups in total. The Balaban J connectivity index is 2.13. The van der Waals surface area contributed by atoms with Gasteiger partial charge in [0.05, 0.1) is 9.37 Å². The van der Waals surface area contributed by atoms with E-state index in [0.29, 0.717) is 16.7 Å². The molecule has 112 valence electrons. The lowest BCUT2D eigenvalue weighted by atomic mass is 10.2. The van der Waals surface area contributed by atoms with Gasteiger partial charge in [-0.1, -0.05) is 12.1 Å². The molecule has 0 aliphatic carbocycles. The first-order chi connectivity index (χ1) is 9.92. The summed E-state index contributed by atoms with van der Waals surface area (Å²) in [6.45, 7) is 0.516. The largest absolute Gasteiger partial charge is 0.507 e. The Kier molecular flexibility index (Phi) is 4.87. The normalized spacial score (nSPS) is 11.3. The van der Waals surface area contributed by atoms with E-state index in [-0.39, 0.29) is 10.6 Å². The van der Waals surface area contributed by atoms with Crippen LogP contribution in [0.5, 0.6) is 5.75 Å². The van der Waals surface area contributed by atoms with Crippen LogP contribution in [0.1, 0.15) is 5.56 Å². The number of sulfonamides is 1. The molecule has 2 rings (SSSR count). The molecule has 5 nitrogen and oxygen atoms in total. The van der Waals surface area contributed by atoms with Gasteiger partial charge in [0, 0.05) is 12.2 Å². The van der Waals surface area contributed by atoms with Crippen molar-refractivity contribution >= 4 is 31.6 Å². The SMILES string of the molecule is CNS(=O)(=O)c1cccc(NCc2ccc(O)c(Br)c2)c1. The van der Waals surface area contributed by atoms with Gasteiger partial charge >= 0.3 is 0 Å². The Morgan fingerprint density at radius 2 is 1.95 bits per heavy atom. The van der Waals surface area contributed by atoms with Crippen LogP contribution in [0.25, 0.3) is 0 Å². The molecule has 0 saturated heterocycles. The number of hydrogen-bond acceptors (Lipinski definition) is 4. The van der Waals surface area contributed by atoms with Gasteiger partial charge in [-0.2, -0.15) is 0 Å². The van der Waals surface area contributed by atoms with Crippen LogP contribution in [-0.4, -0.2) is 20.6 Å². The molecule has 0 amide bonds. The number of aromatic hydroxyl groups is 1. The smallest absolute Gasteiger partial charge is 0.240 e. The Morgan fingerprint density at radius 3 is 2.62 bits per heavy atom. The van der Waals surface area contributed by atoms with Gasteiger partial charge in [-0.3, -0.25) is 0 Å². The molecule has 0 aliphatic heterocycles. The Morgan fingerprint density at radius 1 is 1.19 bits per heavy atom. The third-order valence-corrected chi connectivity index (χ3v) is 4.97. The molecule has 7 heteroatoms. The minimum absolute atomic E-state index is 0.181. The van der Waals surface area contributed by atoms with E-state index in [2.05, 4.69) is 26.0 Å². The van der Waals surface area contributed by atoms with Gasteiger partial charge < -0.3 is 10.4 Å². The van der Waals surface area contributed by atoms with Gasteiger partial charge in [0.2, 0.25) is 10.0 Å². The maximum absolute atomic E-state index is 11.7. The molecule has 0 bridgehead atoms. The monoisotopic (exact) mass is 370 g/mol. The first kappa shape index (κ1) is 15.8. The van der Waals surface area contributed by atoms with Crippen LogP contribution in [0, 0.1) is 0 Å². The summed E-state index contributed by atoms with van der Waals surface area (Å²) in [5, 5.41) is 12.6. The highest BCUT2D eigenvalue weighted by molar-refractivity contribution is 9.10. The summed E-state index contributed by atoms with van der Waals surface area (Å²) in [4.78, 5) is 0.210. The van der Waals surface area contributed by atoms with Gasteiger partial charge in [-0.05, 0) is 58.9 Å². The number of phenols is 1. The number of phenolic OH excluding ortho intramolecular Hbond substituents is 1. The van der Waals surface area contributed by atoms with Crippen molar-refractivity contribution in [2.75, 3.05) is 12.4 Å². The van der Waals surface area contributed by atoms with Crippen LogP contribution in [0.3, 0.4) is 0 Å². The Labute approximate surface area is 132 Å². The van der Waals surface area contributed by atoms with E-state index in [1.165, 1.54) is 13.1 Å². The fourth-order valence-electron chi connectivity index (χ4n) is 1.76. The minimum Gasteiger partial charge on any atom is -0.507 e. The lowest BCUT2D eigenvalue weighted by molar-refractivity contribution is 0.471.